The van der Waals surface area contributed by atoms with E-state index < -0.39 is 0 Å². The van der Waals surface area contributed by atoms with Gasteiger partial charge in [0, 0.05) is 10.7 Å². The Bertz CT molecular complexity index is 571. The number of rotatable bonds is 0. The first-order valence-corrected chi connectivity index (χ1v) is 4.05. The van der Waals surface area contributed by atoms with E-state index in [1.807, 2.05) is 36.4 Å². The number of aromatic nitrogens is 2. The highest BCUT2D eigenvalue weighted by Gasteiger charge is 2.03. The molecule has 0 fully saturated rings. The average molecular weight is 170 g/mol. The van der Waals surface area contributed by atoms with Crippen LogP contribution in [-0.2, 0) is 0 Å². The summed E-state index contributed by atoms with van der Waals surface area (Å²) in [5, 5.41) is 9.70. The Hall–Kier alpha value is -1.90. The van der Waals surface area contributed by atoms with Gasteiger partial charge >= 0.3 is 0 Å². The van der Waals surface area contributed by atoms with Crippen molar-refractivity contribution in [3.05, 3.63) is 36.4 Å². The van der Waals surface area contributed by atoms with Crippen molar-refractivity contribution in [1.82, 2.24) is 10.4 Å². The van der Waals surface area contributed by atoms with Crippen LogP contribution < -0.4 is 0 Å². The maximum atomic E-state index is 4.96. The van der Waals surface area contributed by atoms with Gasteiger partial charge in [-0.05, 0) is 11.5 Å². The highest BCUT2D eigenvalue weighted by molar-refractivity contribution is 6.02. The molecule has 3 aromatic rings. The second kappa shape index (κ2) is 2.29. The quantitative estimate of drug-likeness (QED) is 0.520. The van der Waals surface area contributed by atoms with Crippen molar-refractivity contribution >= 4 is 21.9 Å². The van der Waals surface area contributed by atoms with Crippen LogP contribution in [0.5, 0.6) is 0 Å². The van der Waals surface area contributed by atoms with E-state index in [1.54, 1.807) is 0 Å². The molecule has 0 aliphatic carbocycles. The number of hydrogen-bond acceptors (Lipinski definition) is 3. The van der Waals surface area contributed by atoms with Crippen molar-refractivity contribution in [2.24, 2.45) is 0 Å². The predicted octanol–water partition coefficient (Wildman–Crippen LogP) is 2.38. The minimum absolute atomic E-state index is 0.735. The molecule has 0 atom stereocenters. The number of benzene rings is 2. The first-order valence-electron chi connectivity index (χ1n) is 4.05. The molecule has 3 rings (SSSR count). The summed E-state index contributed by atoms with van der Waals surface area (Å²) in [5.74, 6) is 0. The van der Waals surface area contributed by atoms with E-state index in [0.717, 1.165) is 21.9 Å². The summed E-state index contributed by atoms with van der Waals surface area (Å²) in [6.07, 6.45) is 0. The molecule has 1 heterocycles. The fourth-order valence-electron chi connectivity index (χ4n) is 1.52. The van der Waals surface area contributed by atoms with Crippen molar-refractivity contribution < 1.29 is 4.52 Å². The monoisotopic (exact) mass is 170 g/mol. The average Bonchev–Trinajstić information content (AvgIpc) is 2.65. The molecule has 0 saturated carbocycles. The van der Waals surface area contributed by atoms with Crippen LogP contribution in [-0.4, -0.2) is 10.4 Å². The zero-order chi connectivity index (χ0) is 8.67. The Morgan fingerprint density at radius 3 is 2.92 bits per heavy atom. The third-order valence-corrected chi connectivity index (χ3v) is 2.14. The van der Waals surface area contributed by atoms with Gasteiger partial charge in [0.05, 0.1) is 0 Å². The maximum absolute atomic E-state index is 4.96. The largest absolute Gasteiger partial charge is 0.337 e. The second-order valence-corrected chi connectivity index (χ2v) is 2.91. The SMILES string of the molecule is c1ccc2c(c1)ccc1onnc12. The molecule has 0 radical (unpaired) electrons. The summed E-state index contributed by atoms with van der Waals surface area (Å²) in [5.41, 5.74) is 1.57. The molecule has 13 heavy (non-hydrogen) atoms. The van der Waals surface area contributed by atoms with Gasteiger partial charge in [0.2, 0.25) is 0 Å². The number of hydrogen-bond donors (Lipinski definition) is 0. The Morgan fingerprint density at radius 2 is 1.92 bits per heavy atom. The van der Waals surface area contributed by atoms with E-state index >= 15 is 0 Å². The van der Waals surface area contributed by atoms with Crippen LogP contribution in [0, 0.1) is 0 Å². The van der Waals surface area contributed by atoms with Crippen LogP contribution in [0.2, 0.25) is 0 Å². The highest BCUT2D eigenvalue weighted by Crippen LogP contribution is 2.22. The van der Waals surface area contributed by atoms with Crippen LogP contribution in [0.15, 0.2) is 40.9 Å². The van der Waals surface area contributed by atoms with E-state index in [4.69, 9.17) is 4.52 Å². The summed E-state index contributed by atoms with van der Waals surface area (Å²) in [4.78, 5) is 0. The van der Waals surface area contributed by atoms with Crippen LogP contribution in [0.3, 0.4) is 0 Å². The van der Waals surface area contributed by atoms with E-state index in [9.17, 15) is 0 Å². The first kappa shape index (κ1) is 6.60. The third-order valence-electron chi connectivity index (χ3n) is 2.14. The van der Waals surface area contributed by atoms with E-state index in [1.165, 1.54) is 0 Å². The topological polar surface area (TPSA) is 38.9 Å². The van der Waals surface area contributed by atoms with Gasteiger partial charge in [0.15, 0.2) is 5.58 Å². The standard InChI is InChI=1S/C10H6N2O/c1-2-4-8-7(3-1)5-6-9-10(8)11-12-13-9/h1-6H. The fraction of sp³-hybridized carbons (Fsp3) is 0. The van der Waals surface area contributed by atoms with Crippen molar-refractivity contribution in [1.29, 1.82) is 0 Å². The Labute approximate surface area is 73.9 Å². The minimum Gasteiger partial charge on any atom is -0.337 e. The highest BCUT2D eigenvalue weighted by atomic mass is 16.5. The van der Waals surface area contributed by atoms with Crippen LogP contribution in [0.1, 0.15) is 0 Å². The Kier molecular flexibility index (Phi) is 1.16. The molecule has 62 valence electrons. The van der Waals surface area contributed by atoms with Crippen molar-refractivity contribution in [2.45, 2.75) is 0 Å². The minimum atomic E-state index is 0.735. The van der Waals surface area contributed by atoms with Gasteiger partial charge in [-0.15, -0.1) is 5.10 Å². The van der Waals surface area contributed by atoms with Gasteiger partial charge < -0.3 is 4.52 Å². The van der Waals surface area contributed by atoms with Gasteiger partial charge in [0.25, 0.3) is 0 Å². The van der Waals surface area contributed by atoms with Gasteiger partial charge in [-0.2, -0.15) is 0 Å². The van der Waals surface area contributed by atoms with E-state index in [2.05, 4.69) is 10.4 Å². The molecule has 3 nitrogen and oxygen atoms in total. The molecule has 0 amide bonds. The first-order chi connectivity index (χ1) is 6.45. The summed E-state index contributed by atoms with van der Waals surface area (Å²) in [6, 6.07) is 11.9. The Morgan fingerprint density at radius 1 is 1.00 bits per heavy atom. The second-order valence-electron chi connectivity index (χ2n) is 2.91. The summed E-state index contributed by atoms with van der Waals surface area (Å²) >= 11 is 0. The molecular weight excluding hydrogens is 164 g/mol. The zero-order valence-electron chi connectivity index (χ0n) is 6.77. The molecule has 0 saturated heterocycles. The molecule has 0 aliphatic heterocycles. The van der Waals surface area contributed by atoms with Crippen molar-refractivity contribution in [3.8, 4) is 0 Å². The molecule has 1 aromatic heterocycles. The summed E-state index contributed by atoms with van der Waals surface area (Å²) in [7, 11) is 0. The zero-order valence-corrected chi connectivity index (χ0v) is 6.77. The molecule has 0 aliphatic rings. The van der Waals surface area contributed by atoms with Crippen molar-refractivity contribution in [2.75, 3.05) is 0 Å². The van der Waals surface area contributed by atoms with Gasteiger partial charge in [0.1, 0.15) is 5.52 Å². The molecule has 2 aromatic carbocycles. The lowest BCUT2D eigenvalue weighted by molar-refractivity contribution is 0.424. The van der Waals surface area contributed by atoms with Gasteiger partial charge in [-0.25, -0.2) is 0 Å². The number of nitrogens with zero attached hydrogens (tertiary/aromatic N) is 2. The molecule has 0 N–H and O–H groups in total. The van der Waals surface area contributed by atoms with Gasteiger partial charge in [-0.3, -0.25) is 0 Å². The lowest BCUT2D eigenvalue weighted by Gasteiger charge is -1.94. The maximum Gasteiger partial charge on any atom is 0.188 e. The normalized spacial score (nSPS) is 11.1. The molecule has 3 heteroatoms. The lowest BCUT2D eigenvalue weighted by atomic mass is 10.1. The third kappa shape index (κ3) is 0.839. The molecule has 0 bridgehead atoms. The van der Waals surface area contributed by atoms with E-state index in [-0.39, 0.29) is 0 Å². The van der Waals surface area contributed by atoms with Crippen LogP contribution in [0.4, 0.5) is 0 Å². The predicted molar refractivity (Wildman–Crippen MR) is 49.3 cm³/mol. The number of fused-ring (bicyclic) bond motifs is 3. The Balaban J connectivity index is 2.65. The molecule has 0 unspecified atom stereocenters. The van der Waals surface area contributed by atoms with E-state index in [0.29, 0.717) is 0 Å². The smallest absolute Gasteiger partial charge is 0.188 e. The molecular formula is C10H6N2O. The lowest BCUT2D eigenvalue weighted by Crippen LogP contribution is -1.74. The van der Waals surface area contributed by atoms with Gasteiger partial charge in [-0.1, -0.05) is 30.3 Å². The van der Waals surface area contributed by atoms with Crippen molar-refractivity contribution in [3.63, 3.8) is 0 Å². The molecule has 0 spiro atoms. The summed E-state index contributed by atoms with van der Waals surface area (Å²) in [6.45, 7) is 0. The summed E-state index contributed by atoms with van der Waals surface area (Å²) < 4.78 is 4.96. The van der Waals surface area contributed by atoms with Crippen LogP contribution >= 0.6 is 0 Å². The fourth-order valence-corrected chi connectivity index (χ4v) is 1.52. The van der Waals surface area contributed by atoms with Crippen LogP contribution in [0.25, 0.3) is 21.9 Å².